The molecule has 4 heterocycles. The zero-order valence-corrected chi connectivity index (χ0v) is 21.3. The van der Waals surface area contributed by atoms with Gasteiger partial charge < -0.3 is 25.0 Å². The predicted octanol–water partition coefficient (Wildman–Crippen LogP) is 2.90. The highest BCUT2D eigenvalue weighted by atomic mass is 32.1. The first-order valence-electron chi connectivity index (χ1n) is 12.0. The van der Waals surface area contributed by atoms with E-state index in [1.54, 1.807) is 18.2 Å². The maximum absolute atomic E-state index is 12.5. The van der Waals surface area contributed by atoms with Crippen LogP contribution < -0.4 is 15.5 Å². The minimum absolute atomic E-state index is 0.00171. The summed E-state index contributed by atoms with van der Waals surface area (Å²) in [5, 5.41) is 7.54. The highest BCUT2D eigenvalue weighted by Crippen LogP contribution is 2.26. The summed E-state index contributed by atoms with van der Waals surface area (Å²) in [5.74, 6) is -0.154. The van der Waals surface area contributed by atoms with Crippen molar-refractivity contribution in [1.82, 2.24) is 15.3 Å². The highest BCUT2D eigenvalue weighted by molar-refractivity contribution is 7.14. The van der Waals surface area contributed by atoms with Crippen LogP contribution in [-0.4, -0.2) is 66.0 Å². The van der Waals surface area contributed by atoms with Crippen LogP contribution in [0.1, 0.15) is 40.1 Å². The monoisotopic (exact) mass is 521 g/mol. The van der Waals surface area contributed by atoms with Gasteiger partial charge >= 0.3 is 0 Å². The van der Waals surface area contributed by atoms with Crippen LogP contribution >= 0.6 is 11.3 Å². The second kappa shape index (κ2) is 10.8. The van der Waals surface area contributed by atoms with Crippen LogP contribution in [0, 0.1) is 0 Å². The molecule has 37 heavy (non-hydrogen) atoms. The fourth-order valence-electron chi connectivity index (χ4n) is 4.42. The van der Waals surface area contributed by atoms with Crippen molar-refractivity contribution >= 4 is 39.9 Å². The second-order valence-electron chi connectivity index (χ2n) is 9.10. The molecule has 2 atom stereocenters. The Labute approximate surface area is 218 Å². The summed E-state index contributed by atoms with van der Waals surface area (Å²) in [7, 11) is 0. The van der Waals surface area contributed by atoms with Crippen LogP contribution in [0.4, 0.5) is 10.9 Å². The number of ketones is 1. The van der Waals surface area contributed by atoms with Crippen molar-refractivity contribution in [3.8, 4) is 11.4 Å². The number of fused-ring (bicyclic) bond motifs is 1. The fraction of sp³-hybridized carbons (Fsp3) is 0.346. The van der Waals surface area contributed by atoms with Crippen LogP contribution in [0.25, 0.3) is 11.4 Å². The number of benzene rings is 1. The SMILES string of the molecule is C[C@@H]1CN(c2cccc(-c3csc(NC(=O)CNC(=O)c4ccc5c(c4)C(=O)COC5)n3)n2)C[C@H](C)O1. The molecule has 2 N–H and O–H groups in total. The van der Waals surface area contributed by atoms with Gasteiger partial charge in [0.1, 0.15) is 18.1 Å². The quantitative estimate of drug-likeness (QED) is 0.508. The van der Waals surface area contributed by atoms with Crippen LogP contribution in [-0.2, 0) is 20.9 Å². The molecule has 1 aromatic carbocycles. The van der Waals surface area contributed by atoms with E-state index in [9.17, 15) is 14.4 Å². The molecule has 0 saturated carbocycles. The largest absolute Gasteiger partial charge is 0.372 e. The number of amides is 2. The fourth-order valence-corrected chi connectivity index (χ4v) is 5.14. The molecule has 0 aliphatic carbocycles. The Balaban J connectivity index is 1.18. The Morgan fingerprint density at radius 2 is 1.89 bits per heavy atom. The Hall–Kier alpha value is -3.67. The predicted molar refractivity (Wildman–Crippen MR) is 139 cm³/mol. The van der Waals surface area contributed by atoms with Gasteiger partial charge in [-0.25, -0.2) is 9.97 Å². The molecule has 0 radical (unpaired) electrons. The summed E-state index contributed by atoms with van der Waals surface area (Å²) < 4.78 is 11.0. The van der Waals surface area contributed by atoms with Crippen molar-refractivity contribution in [2.45, 2.75) is 32.7 Å². The molecule has 2 aromatic heterocycles. The number of rotatable bonds is 6. The van der Waals surface area contributed by atoms with Gasteiger partial charge in [0.15, 0.2) is 10.9 Å². The number of carbonyl (C=O) groups excluding carboxylic acids is 3. The summed E-state index contributed by atoms with van der Waals surface area (Å²) in [5.41, 5.74) is 2.91. The van der Waals surface area contributed by atoms with Gasteiger partial charge in [-0.3, -0.25) is 14.4 Å². The lowest BCUT2D eigenvalue weighted by atomic mass is 9.99. The number of nitrogens with zero attached hydrogens (tertiary/aromatic N) is 3. The molecule has 10 nitrogen and oxygen atoms in total. The van der Waals surface area contributed by atoms with E-state index in [2.05, 4.69) is 20.5 Å². The maximum Gasteiger partial charge on any atom is 0.251 e. The third kappa shape index (κ3) is 5.85. The smallest absolute Gasteiger partial charge is 0.251 e. The van der Waals surface area contributed by atoms with Gasteiger partial charge in [-0.1, -0.05) is 12.1 Å². The first-order chi connectivity index (χ1) is 17.9. The normalized spacial score (nSPS) is 19.3. The third-order valence-corrected chi connectivity index (χ3v) is 6.82. The summed E-state index contributed by atoms with van der Waals surface area (Å²) in [6.45, 7) is 5.74. The van der Waals surface area contributed by atoms with E-state index >= 15 is 0 Å². The lowest BCUT2D eigenvalue weighted by Crippen LogP contribution is -2.45. The molecule has 192 valence electrons. The Bertz CT molecular complexity index is 1330. The number of ether oxygens (including phenoxy) is 2. The average Bonchev–Trinajstić information content (AvgIpc) is 3.35. The topological polar surface area (TPSA) is 123 Å². The van der Waals surface area contributed by atoms with E-state index < -0.39 is 11.8 Å². The van der Waals surface area contributed by atoms with Crippen LogP contribution in [0.5, 0.6) is 0 Å². The van der Waals surface area contributed by atoms with Gasteiger partial charge in [0, 0.05) is 29.6 Å². The number of thiazole rings is 1. The van der Waals surface area contributed by atoms with Gasteiger partial charge in [0.05, 0.1) is 31.1 Å². The molecule has 2 aliphatic heterocycles. The van der Waals surface area contributed by atoms with Gasteiger partial charge in [0.2, 0.25) is 5.91 Å². The molecule has 1 fully saturated rings. The minimum atomic E-state index is -0.440. The van der Waals surface area contributed by atoms with Crippen LogP contribution in [0.3, 0.4) is 0 Å². The van der Waals surface area contributed by atoms with Crippen LogP contribution in [0.2, 0.25) is 0 Å². The molecule has 0 unspecified atom stereocenters. The van der Waals surface area contributed by atoms with Gasteiger partial charge in [-0.2, -0.15) is 0 Å². The van der Waals surface area contributed by atoms with Crippen molar-refractivity contribution in [1.29, 1.82) is 0 Å². The van der Waals surface area contributed by atoms with Gasteiger partial charge in [-0.15, -0.1) is 11.3 Å². The lowest BCUT2D eigenvalue weighted by molar-refractivity contribution is -0.115. The van der Waals surface area contributed by atoms with Crippen molar-refractivity contribution in [2.75, 3.05) is 36.5 Å². The Morgan fingerprint density at radius 3 is 2.70 bits per heavy atom. The Kier molecular flexibility index (Phi) is 7.26. The van der Waals surface area contributed by atoms with E-state index in [0.29, 0.717) is 34.3 Å². The molecule has 0 spiro atoms. The first-order valence-corrected chi connectivity index (χ1v) is 12.9. The zero-order chi connectivity index (χ0) is 25.9. The first kappa shape index (κ1) is 25.0. The van der Waals surface area contributed by atoms with E-state index in [-0.39, 0.29) is 31.1 Å². The summed E-state index contributed by atoms with van der Waals surface area (Å²) in [6.07, 6.45) is 0.250. The number of hydrogen-bond acceptors (Lipinski definition) is 9. The van der Waals surface area contributed by atoms with Gasteiger partial charge in [-0.05, 0) is 43.7 Å². The molecular formula is C26H27N5O5S. The van der Waals surface area contributed by atoms with E-state index in [1.165, 1.54) is 11.3 Å². The molecule has 2 amide bonds. The van der Waals surface area contributed by atoms with E-state index in [1.807, 2.05) is 37.4 Å². The number of pyridine rings is 1. The highest BCUT2D eigenvalue weighted by Gasteiger charge is 2.24. The number of morpholine rings is 1. The molecule has 5 rings (SSSR count). The van der Waals surface area contributed by atoms with E-state index in [4.69, 9.17) is 14.5 Å². The standard InChI is InChI=1S/C26H27N5O5S/c1-15-10-31(11-16(2)36-15)23-5-3-4-20(28-23)21-14-37-26(29-21)30-24(33)9-27-25(34)17-6-7-18-12-35-13-22(32)19(18)8-17/h3-8,14-16H,9-13H2,1-2H3,(H,27,34)(H,29,30,33)/t15-,16+. The number of anilines is 2. The molecular weight excluding hydrogens is 494 g/mol. The Morgan fingerprint density at radius 1 is 1.08 bits per heavy atom. The minimum Gasteiger partial charge on any atom is -0.372 e. The maximum atomic E-state index is 12.5. The van der Waals surface area contributed by atoms with Gasteiger partial charge in [0.25, 0.3) is 5.91 Å². The third-order valence-electron chi connectivity index (χ3n) is 6.06. The number of Topliss-reactive ketones (excluding diaryl/α,β-unsaturated/α-hetero) is 1. The second-order valence-corrected chi connectivity index (χ2v) is 9.96. The number of aromatic nitrogens is 2. The summed E-state index contributed by atoms with van der Waals surface area (Å²) >= 11 is 1.28. The molecule has 2 aliphatic rings. The molecule has 3 aromatic rings. The molecule has 11 heteroatoms. The number of carbonyl (C=O) groups is 3. The molecule has 0 bridgehead atoms. The van der Waals surface area contributed by atoms with Crippen molar-refractivity contribution in [2.24, 2.45) is 0 Å². The van der Waals surface area contributed by atoms with Crippen molar-refractivity contribution in [3.63, 3.8) is 0 Å². The zero-order valence-electron chi connectivity index (χ0n) is 20.5. The number of hydrogen-bond donors (Lipinski definition) is 2. The lowest BCUT2D eigenvalue weighted by Gasteiger charge is -2.36. The van der Waals surface area contributed by atoms with Crippen molar-refractivity contribution < 1.29 is 23.9 Å². The van der Waals surface area contributed by atoms with E-state index in [0.717, 1.165) is 24.5 Å². The molecule has 1 saturated heterocycles. The van der Waals surface area contributed by atoms with Crippen LogP contribution in [0.15, 0.2) is 41.8 Å². The number of nitrogens with one attached hydrogen (secondary N) is 2. The van der Waals surface area contributed by atoms with Crippen molar-refractivity contribution in [3.05, 3.63) is 58.5 Å². The summed E-state index contributed by atoms with van der Waals surface area (Å²) in [4.78, 5) is 48.4. The summed E-state index contributed by atoms with van der Waals surface area (Å²) in [6, 6.07) is 10.6. The average molecular weight is 522 g/mol.